The van der Waals surface area contributed by atoms with Gasteiger partial charge in [0.2, 0.25) is 0 Å². The molecule has 1 fully saturated rings. The molecular formula is C24H25ClO5S. The van der Waals surface area contributed by atoms with Gasteiger partial charge in [-0.25, -0.2) is 13.2 Å². The Morgan fingerprint density at radius 2 is 1.71 bits per heavy atom. The van der Waals surface area contributed by atoms with Crippen molar-refractivity contribution in [3.63, 3.8) is 0 Å². The number of sulfone groups is 1. The van der Waals surface area contributed by atoms with Crippen LogP contribution in [0.1, 0.15) is 49.7 Å². The fourth-order valence-electron chi connectivity index (χ4n) is 4.54. The van der Waals surface area contributed by atoms with Crippen molar-refractivity contribution in [2.45, 2.75) is 55.9 Å². The van der Waals surface area contributed by atoms with Crippen LogP contribution in [-0.4, -0.2) is 31.4 Å². The van der Waals surface area contributed by atoms with E-state index in [-0.39, 0.29) is 16.2 Å². The van der Waals surface area contributed by atoms with E-state index < -0.39 is 21.4 Å². The Morgan fingerprint density at radius 3 is 2.35 bits per heavy atom. The minimum absolute atomic E-state index is 0.00499. The average Bonchev–Trinajstić information content (AvgIpc) is 2.86. The number of esters is 1. The van der Waals surface area contributed by atoms with Crippen LogP contribution in [0.25, 0.3) is 16.7 Å². The molecule has 7 heteroatoms. The van der Waals surface area contributed by atoms with Gasteiger partial charge in [0.25, 0.3) is 0 Å². The summed E-state index contributed by atoms with van der Waals surface area (Å²) >= 11 is 6.57. The maximum Gasteiger partial charge on any atom is 0.343 e. The van der Waals surface area contributed by atoms with E-state index in [9.17, 15) is 18.3 Å². The number of hydrogen-bond acceptors (Lipinski definition) is 5. The molecule has 5 nitrogen and oxygen atoms in total. The molecule has 1 aliphatic heterocycles. The maximum atomic E-state index is 12.8. The molecule has 31 heavy (non-hydrogen) atoms. The van der Waals surface area contributed by atoms with Crippen molar-refractivity contribution in [3.05, 3.63) is 58.3 Å². The lowest BCUT2D eigenvalue weighted by molar-refractivity contribution is -0.147. The van der Waals surface area contributed by atoms with Crippen molar-refractivity contribution in [3.8, 4) is 11.1 Å². The number of halogens is 1. The minimum atomic E-state index is -3.36. The zero-order valence-corrected chi connectivity index (χ0v) is 19.1. The molecule has 0 bridgehead atoms. The van der Waals surface area contributed by atoms with Crippen LogP contribution in [0.15, 0.2) is 47.1 Å². The topological polar surface area (TPSA) is 80.7 Å². The lowest BCUT2D eigenvalue weighted by Gasteiger charge is -2.26. The average molecular weight is 461 g/mol. The molecule has 0 radical (unpaired) electrons. The van der Waals surface area contributed by atoms with Crippen LogP contribution < -0.4 is 0 Å². The largest absolute Gasteiger partial charge is 0.507 e. The standard InChI is InChI=1S/C24H25ClO5S/c1-15-12-19(16-8-7-9-17(13-16)31(2,28)29)20(25)14-18(15)21-22(26)24(30-23(21)27)10-5-3-4-6-11-24/h7-9,12-14,26H,3-6,10-11H2,1-2H3. The summed E-state index contributed by atoms with van der Waals surface area (Å²) in [6, 6.07) is 10.0. The molecule has 1 N–H and O–H groups in total. The van der Waals surface area contributed by atoms with Crippen molar-refractivity contribution < 1.29 is 23.1 Å². The molecule has 2 aromatic rings. The molecule has 0 aromatic heterocycles. The summed E-state index contributed by atoms with van der Waals surface area (Å²) < 4.78 is 29.6. The number of aliphatic hydroxyl groups excluding tert-OH is 1. The molecule has 1 saturated carbocycles. The summed E-state index contributed by atoms with van der Waals surface area (Å²) in [5.74, 6) is -0.518. The van der Waals surface area contributed by atoms with Crippen LogP contribution in [0.5, 0.6) is 0 Å². The summed E-state index contributed by atoms with van der Waals surface area (Å²) in [7, 11) is -3.36. The SMILES string of the molecule is Cc1cc(-c2cccc(S(C)(=O)=O)c2)c(Cl)cc1C1=C(O)C2(CCCCCC2)OC1=O. The molecule has 0 unspecified atom stereocenters. The number of carbonyl (C=O) groups is 1. The van der Waals surface area contributed by atoms with Crippen molar-refractivity contribution in [2.75, 3.05) is 6.26 Å². The highest BCUT2D eigenvalue weighted by Crippen LogP contribution is 2.46. The summed E-state index contributed by atoms with van der Waals surface area (Å²) in [6.07, 6.45) is 6.34. The second-order valence-electron chi connectivity index (χ2n) is 8.47. The van der Waals surface area contributed by atoms with Gasteiger partial charge in [0, 0.05) is 16.8 Å². The second kappa shape index (κ2) is 7.99. The number of carbonyl (C=O) groups excluding carboxylic acids is 1. The number of aliphatic hydroxyl groups is 1. The zero-order valence-electron chi connectivity index (χ0n) is 17.6. The number of rotatable bonds is 3. The van der Waals surface area contributed by atoms with Gasteiger partial charge < -0.3 is 9.84 Å². The van der Waals surface area contributed by atoms with Gasteiger partial charge in [-0.05, 0) is 73.6 Å². The van der Waals surface area contributed by atoms with Crippen LogP contribution in [0.3, 0.4) is 0 Å². The Balaban J connectivity index is 1.79. The normalized spacial score (nSPS) is 18.9. The molecule has 0 atom stereocenters. The highest BCUT2D eigenvalue weighted by molar-refractivity contribution is 7.90. The fourth-order valence-corrected chi connectivity index (χ4v) is 5.48. The van der Waals surface area contributed by atoms with Crippen LogP contribution >= 0.6 is 11.6 Å². The fraction of sp³-hybridized carbons (Fsp3) is 0.375. The third kappa shape index (κ3) is 3.99. The number of hydrogen-bond donors (Lipinski definition) is 1. The Labute approximate surface area is 187 Å². The first-order valence-electron chi connectivity index (χ1n) is 10.4. The van der Waals surface area contributed by atoms with E-state index in [0.29, 0.717) is 34.6 Å². The molecule has 1 aliphatic carbocycles. The van der Waals surface area contributed by atoms with E-state index in [1.165, 1.54) is 6.07 Å². The molecule has 0 amide bonds. The van der Waals surface area contributed by atoms with Gasteiger partial charge in [-0.3, -0.25) is 0 Å². The van der Waals surface area contributed by atoms with Crippen LogP contribution in [0, 0.1) is 6.92 Å². The van der Waals surface area contributed by atoms with Crippen LogP contribution in [0.2, 0.25) is 5.02 Å². The maximum absolute atomic E-state index is 12.8. The first-order chi connectivity index (χ1) is 14.6. The summed E-state index contributed by atoms with van der Waals surface area (Å²) in [4.78, 5) is 13.0. The van der Waals surface area contributed by atoms with Crippen molar-refractivity contribution in [1.82, 2.24) is 0 Å². The van der Waals surface area contributed by atoms with Crippen LogP contribution in [0.4, 0.5) is 0 Å². The third-order valence-corrected chi connectivity index (χ3v) is 7.65. The van der Waals surface area contributed by atoms with E-state index in [0.717, 1.165) is 37.5 Å². The monoisotopic (exact) mass is 460 g/mol. The van der Waals surface area contributed by atoms with Gasteiger partial charge in [0.1, 0.15) is 5.57 Å². The molecule has 0 saturated heterocycles. The second-order valence-corrected chi connectivity index (χ2v) is 10.9. The van der Waals surface area contributed by atoms with Crippen molar-refractivity contribution >= 4 is 33.0 Å². The third-order valence-electron chi connectivity index (χ3n) is 6.23. The predicted octanol–water partition coefficient (Wildman–Crippen LogP) is 5.64. The van der Waals surface area contributed by atoms with Gasteiger partial charge >= 0.3 is 5.97 Å². The summed E-state index contributed by atoms with van der Waals surface area (Å²) in [5, 5.41) is 11.4. The van der Waals surface area contributed by atoms with Gasteiger partial charge in [-0.2, -0.15) is 0 Å². The van der Waals surface area contributed by atoms with E-state index in [1.54, 1.807) is 24.3 Å². The molecule has 4 rings (SSSR count). The minimum Gasteiger partial charge on any atom is -0.507 e. The lowest BCUT2D eigenvalue weighted by atomic mass is 9.88. The molecule has 1 heterocycles. The van der Waals surface area contributed by atoms with Gasteiger partial charge in [0.05, 0.1) is 4.90 Å². The first kappa shape index (κ1) is 21.9. The quantitative estimate of drug-likeness (QED) is 0.599. The Morgan fingerprint density at radius 1 is 1.03 bits per heavy atom. The van der Waals surface area contributed by atoms with Gasteiger partial charge in [0.15, 0.2) is 21.2 Å². The van der Waals surface area contributed by atoms with Crippen LogP contribution in [-0.2, 0) is 19.4 Å². The lowest BCUT2D eigenvalue weighted by Crippen LogP contribution is -2.31. The van der Waals surface area contributed by atoms with E-state index in [1.807, 2.05) is 13.0 Å². The summed E-state index contributed by atoms with van der Waals surface area (Å²) in [5.41, 5.74) is 1.85. The van der Waals surface area contributed by atoms with E-state index in [4.69, 9.17) is 16.3 Å². The van der Waals surface area contributed by atoms with Gasteiger partial charge in [-0.15, -0.1) is 0 Å². The Kier molecular flexibility index (Phi) is 5.64. The number of aryl methyl sites for hydroxylation is 1. The molecule has 2 aromatic carbocycles. The number of ether oxygens (including phenoxy) is 1. The van der Waals surface area contributed by atoms with E-state index in [2.05, 4.69) is 0 Å². The van der Waals surface area contributed by atoms with E-state index >= 15 is 0 Å². The molecule has 1 spiro atoms. The molecular weight excluding hydrogens is 436 g/mol. The molecule has 164 valence electrons. The Bertz CT molecular complexity index is 1190. The molecule has 2 aliphatic rings. The highest BCUT2D eigenvalue weighted by atomic mass is 35.5. The Hall–Kier alpha value is -2.31. The number of benzene rings is 2. The van der Waals surface area contributed by atoms with Crippen molar-refractivity contribution in [1.29, 1.82) is 0 Å². The predicted molar refractivity (Wildman–Crippen MR) is 121 cm³/mol. The van der Waals surface area contributed by atoms with Gasteiger partial charge in [-0.1, -0.05) is 36.6 Å². The first-order valence-corrected chi connectivity index (χ1v) is 12.7. The summed E-state index contributed by atoms with van der Waals surface area (Å²) in [6.45, 7) is 1.83. The zero-order chi connectivity index (χ0) is 22.4. The smallest absolute Gasteiger partial charge is 0.343 e. The van der Waals surface area contributed by atoms with Crippen molar-refractivity contribution in [2.24, 2.45) is 0 Å². The highest BCUT2D eigenvalue weighted by Gasteiger charge is 2.48.